The number of rotatable bonds is 8. The van der Waals surface area contributed by atoms with Gasteiger partial charge in [0, 0.05) is 22.4 Å². The first-order valence-electron chi connectivity index (χ1n) is 8.92. The van der Waals surface area contributed by atoms with Crippen LogP contribution < -0.4 is 10.9 Å². The number of ether oxygens (including phenoxy) is 1. The predicted octanol–water partition coefficient (Wildman–Crippen LogP) is 2.76. The van der Waals surface area contributed by atoms with Gasteiger partial charge in [-0.1, -0.05) is 30.3 Å². The topological polar surface area (TPSA) is 102 Å². The zero-order valence-corrected chi connectivity index (χ0v) is 17.0. The van der Waals surface area contributed by atoms with Crippen molar-refractivity contribution >= 4 is 35.3 Å². The van der Waals surface area contributed by atoms with Gasteiger partial charge in [0.2, 0.25) is 0 Å². The molecule has 0 aliphatic carbocycles. The fraction of sp³-hybridized carbons (Fsp3) is 0.238. The number of amides is 2. The maximum absolute atomic E-state index is 12.1. The fourth-order valence-electron chi connectivity index (χ4n) is 2.33. The molecule has 29 heavy (non-hydrogen) atoms. The van der Waals surface area contributed by atoms with E-state index in [1.54, 1.807) is 54.2 Å². The Morgan fingerprint density at radius 2 is 1.55 bits per heavy atom. The third-order valence-corrected chi connectivity index (χ3v) is 4.72. The van der Waals surface area contributed by atoms with Crippen LogP contribution in [0.3, 0.4) is 0 Å². The highest BCUT2D eigenvalue weighted by atomic mass is 32.2. The highest BCUT2D eigenvalue weighted by molar-refractivity contribution is 7.98. The second-order valence-electron chi connectivity index (χ2n) is 6.09. The Morgan fingerprint density at radius 1 is 0.897 bits per heavy atom. The summed E-state index contributed by atoms with van der Waals surface area (Å²) >= 11 is 1.57. The molecule has 0 saturated carbocycles. The summed E-state index contributed by atoms with van der Waals surface area (Å²) in [6.07, 6.45) is 0.666. The van der Waals surface area contributed by atoms with Gasteiger partial charge in [0.25, 0.3) is 11.8 Å². The minimum atomic E-state index is -1.12. The highest BCUT2D eigenvalue weighted by Gasteiger charge is 2.19. The maximum atomic E-state index is 12.1. The summed E-state index contributed by atoms with van der Waals surface area (Å²) in [5, 5.41) is 0. The van der Waals surface area contributed by atoms with Gasteiger partial charge in [0.15, 0.2) is 11.9 Å². The van der Waals surface area contributed by atoms with Crippen molar-refractivity contribution in [3.05, 3.63) is 65.7 Å². The molecule has 2 aromatic rings. The van der Waals surface area contributed by atoms with E-state index in [2.05, 4.69) is 10.9 Å². The van der Waals surface area contributed by atoms with Gasteiger partial charge in [-0.25, -0.2) is 0 Å². The van der Waals surface area contributed by atoms with Gasteiger partial charge in [-0.3, -0.25) is 30.0 Å². The number of carbonyl (C=O) groups excluding carboxylic acids is 4. The normalized spacial score (nSPS) is 11.2. The van der Waals surface area contributed by atoms with Crippen molar-refractivity contribution in [1.82, 2.24) is 10.9 Å². The first kappa shape index (κ1) is 22.2. The minimum absolute atomic E-state index is 0.0173. The second kappa shape index (κ2) is 11.0. The van der Waals surface area contributed by atoms with Crippen LogP contribution in [0.5, 0.6) is 0 Å². The number of benzene rings is 2. The number of ketones is 1. The second-order valence-corrected chi connectivity index (χ2v) is 6.97. The van der Waals surface area contributed by atoms with Gasteiger partial charge >= 0.3 is 5.97 Å². The zero-order chi connectivity index (χ0) is 21.2. The molecule has 0 aromatic heterocycles. The van der Waals surface area contributed by atoms with Crippen LogP contribution in [0.2, 0.25) is 0 Å². The summed E-state index contributed by atoms with van der Waals surface area (Å²) in [6.45, 7) is 1.38. The maximum Gasteiger partial charge on any atom is 0.307 e. The smallest absolute Gasteiger partial charge is 0.307 e. The molecule has 2 rings (SSSR count). The van der Waals surface area contributed by atoms with Crippen molar-refractivity contribution in [2.24, 2.45) is 0 Å². The number of thioether (sulfide) groups is 1. The van der Waals surface area contributed by atoms with Gasteiger partial charge in [-0.2, -0.15) is 0 Å². The van der Waals surface area contributed by atoms with Crippen molar-refractivity contribution in [1.29, 1.82) is 0 Å². The van der Waals surface area contributed by atoms with Crippen LogP contribution in [0.25, 0.3) is 0 Å². The number of hydrogen-bond donors (Lipinski definition) is 2. The Bertz CT molecular complexity index is 868. The number of hydrogen-bond acceptors (Lipinski definition) is 6. The largest absolute Gasteiger partial charge is 0.452 e. The number of Topliss-reactive ketones (excluding diaryl/α,β-unsaturated/α-hetero) is 1. The molecule has 1 atom stereocenters. The molecule has 2 N–H and O–H groups in total. The molecule has 0 fully saturated rings. The zero-order valence-electron chi connectivity index (χ0n) is 16.1. The molecule has 0 saturated heterocycles. The molecule has 0 radical (unpaired) electrons. The molecule has 0 aliphatic rings. The molecule has 7 nitrogen and oxygen atoms in total. The summed E-state index contributed by atoms with van der Waals surface area (Å²) in [5.41, 5.74) is 5.35. The van der Waals surface area contributed by atoms with E-state index in [9.17, 15) is 19.2 Å². The van der Waals surface area contributed by atoms with Crippen LogP contribution in [0.1, 0.15) is 40.5 Å². The van der Waals surface area contributed by atoms with E-state index in [1.165, 1.54) is 6.92 Å². The summed E-state index contributed by atoms with van der Waals surface area (Å²) in [6, 6.07) is 15.4. The molecule has 152 valence electrons. The van der Waals surface area contributed by atoms with Crippen molar-refractivity contribution in [3.8, 4) is 0 Å². The van der Waals surface area contributed by atoms with E-state index < -0.39 is 23.9 Å². The van der Waals surface area contributed by atoms with Crippen LogP contribution in [0.4, 0.5) is 0 Å². The summed E-state index contributed by atoms with van der Waals surface area (Å²) in [7, 11) is 0. The number of esters is 1. The lowest BCUT2D eigenvalue weighted by Crippen LogP contribution is -2.46. The summed E-state index contributed by atoms with van der Waals surface area (Å²) < 4.78 is 5.02. The Morgan fingerprint density at radius 3 is 2.17 bits per heavy atom. The van der Waals surface area contributed by atoms with Crippen molar-refractivity contribution < 1.29 is 23.9 Å². The van der Waals surface area contributed by atoms with Crippen molar-refractivity contribution in [3.63, 3.8) is 0 Å². The van der Waals surface area contributed by atoms with Gasteiger partial charge in [-0.15, -0.1) is 11.8 Å². The summed E-state index contributed by atoms with van der Waals surface area (Å²) in [5.74, 6) is -2.02. The highest BCUT2D eigenvalue weighted by Crippen LogP contribution is 2.16. The van der Waals surface area contributed by atoms with E-state index in [0.717, 1.165) is 4.90 Å². The molecule has 2 amide bonds. The van der Waals surface area contributed by atoms with Crippen LogP contribution in [0, 0.1) is 0 Å². The SMILES string of the molecule is CSc1ccc(C(=O)CCC(=O)O[C@H](C)C(=O)NNC(=O)c2ccccc2)cc1. The lowest BCUT2D eigenvalue weighted by molar-refractivity contribution is -0.155. The van der Waals surface area contributed by atoms with Gasteiger partial charge in [0.05, 0.1) is 6.42 Å². The van der Waals surface area contributed by atoms with E-state index in [0.29, 0.717) is 11.1 Å². The van der Waals surface area contributed by atoms with Gasteiger partial charge in [0.1, 0.15) is 0 Å². The van der Waals surface area contributed by atoms with Gasteiger partial charge < -0.3 is 4.74 Å². The molecular formula is C21H22N2O5S. The fourth-order valence-corrected chi connectivity index (χ4v) is 2.74. The Balaban J connectivity index is 1.73. The predicted molar refractivity (Wildman–Crippen MR) is 109 cm³/mol. The number of nitrogens with one attached hydrogen (secondary N) is 2. The first-order chi connectivity index (χ1) is 13.9. The van der Waals surface area contributed by atoms with E-state index in [4.69, 9.17) is 4.74 Å². The van der Waals surface area contributed by atoms with Crippen LogP contribution in [0.15, 0.2) is 59.5 Å². The minimum Gasteiger partial charge on any atom is -0.452 e. The van der Waals surface area contributed by atoms with E-state index in [1.807, 2.05) is 18.4 Å². The molecule has 0 heterocycles. The molecule has 8 heteroatoms. The Kier molecular flexibility index (Phi) is 8.42. The number of hydrazine groups is 1. The Labute approximate surface area is 173 Å². The summed E-state index contributed by atoms with van der Waals surface area (Å²) in [4.78, 5) is 48.9. The van der Waals surface area contributed by atoms with Crippen LogP contribution in [-0.2, 0) is 14.3 Å². The van der Waals surface area contributed by atoms with Gasteiger partial charge in [-0.05, 0) is 37.4 Å². The molecular weight excluding hydrogens is 392 g/mol. The lowest BCUT2D eigenvalue weighted by atomic mass is 10.1. The quantitative estimate of drug-likeness (QED) is 0.298. The van der Waals surface area contributed by atoms with Crippen LogP contribution >= 0.6 is 11.8 Å². The monoisotopic (exact) mass is 414 g/mol. The van der Waals surface area contributed by atoms with Crippen molar-refractivity contribution in [2.45, 2.75) is 30.8 Å². The first-order valence-corrected chi connectivity index (χ1v) is 10.1. The standard InChI is InChI=1S/C21H22N2O5S/c1-14(20(26)22-23-21(27)16-6-4-3-5-7-16)28-19(25)13-12-18(24)15-8-10-17(29-2)11-9-15/h3-11,14H,12-13H2,1-2H3,(H,22,26)(H,23,27)/t14-/m1/s1. The van der Waals surface area contributed by atoms with E-state index in [-0.39, 0.29) is 18.6 Å². The number of carbonyl (C=O) groups is 4. The molecule has 0 bridgehead atoms. The molecule has 0 spiro atoms. The third-order valence-electron chi connectivity index (χ3n) is 3.98. The molecule has 0 unspecified atom stereocenters. The van der Waals surface area contributed by atoms with Crippen molar-refractivity contribution in [2.75, 3.05) is 6.26 Å². The van der Waals surface area contributed by atoms with Crippen LogP contribution in [-0.4, -0.2) is 35.9 Å². The average Bonchev–Trinajstić information content (AvgIpc) is 2.76. The molecule has 0 aliphatic heterocycles. The Hall–Kier alpha value is -3.13. The third kappa shape index (κ3) is 7.08. The lowest BCUT2D eigenvalue weighted by Gasteiger charge is -2.14. The van der Waals surface area contributed by atoms with E-state index >= 15 is 0 Å². The average molecular weight is 414 g/mol. The molecule has 2 aromatic carbocycles.